The summed E-state index contributed by atoms with van der Waals surface area (Å²) in [6.45, 7) is 6.14. The Bertz CT molecular complexity index is 1500. The van der Waals surface area contributed by atoms with Crippen molar-refractivity contribution < 1.29 is 0 Å². The second-order valence-corrected chi connectivity index (χ2v) is 11.2. The molecule has 0 fully saturated rings. The van der Waals surface area contributed by atoms with Gasteiger partial charge in [0.05, 0.1) is 31.6 Å². The molecule has 5 heterocycles. The Hall–Kier alpha value is -3.36. The number of hydrogen-bond acceptors (Lipinski definition) is 5. The number of nitrogens with zero attached hydrogens (tertiary/aromatic N) is 4. The van der Waals surface area contributed by atoms with E-state index in [4.69, 9.17) is 0 Å². The third-order valence-electron chi connectivity index (χ3n) is 5.93. The molecule has 0 saturated heterocycles. The van der Waals surface area contributed by atoms with E-state index in [1.54, 1.807) is 34.0 Å². The van der Waals surface area contributed by atoms with Gasteiger partial charge in [0.1, 0.15) is 12.1 Å². The van der Waals surface area contributed by atoms with Crippen molar-refractivity contribution in [2.24, 2.45) is 0 Å². The highest BCUT2D eigenvalue weighted by Gasteiger charge is 2.20. The van der Waals surface area contributed by atoms with E-state index in [-0.39, 0.29) is 0 Å². The van der Waals surface area contributed by atoms with E-state index in [1.165, 1.54) is 20.4 Å². The fraction of sp³-hybridized carbons (Fsp3) is 0.214. The first-order chi connectivity index (χ1) is 17.2. The highest BCUT2D eigenvalue weighted by Crippen LogP contribution is 2.40. The number of rotatable bonds is 8. The lowest BCUT2D eigenvalue weighted by Crippen LogP contribution is -2.03. The van der Waals surface area contributed by atoms with Crippen LogP contribution in [0.15, 0.2) is 47.2 Å². The normalized spacial score (nSPS) is 12.5. The zero-order valence-corrected chi connectivity index (χ0v) is 22.1. The van der Waals surface area contributed by atoms with Crippen molar-refractivity contribution >= 4 is 77.7 Å². The fourth-order valence-electron chi connectivity index (χ4n) is 4.49. The molecule has 0 spiro atoms. The molecule has 35 heavy (non-hydrogen) atoms. The number of nitriles is 2. The van der Waals surface area contributed by atoms with Crippen LogP contribution in [-0.2, 0) is 13.1 Å². The highest BCUT2D eigenvalue weighted by atomic mass is 32.1. The summed E-state index contributed by atoms with van der Waals surface area (Å²) in [4.78, 5) is 1.98. The second-order valence-electron chi connectivity index (χ2n) is 8.26. The van der Waals surface area contributed by atoms with E-state index in [1.807, 2.05) is 47.2 Å². The summed E-state index contributed by atoms with van der Waals surface area (Å²) in [6, 6.07) is 17.2. The molecule has 4 nitrogen and oxygen atoms in total. The minimum Gasteiger partial charge on any atom is -0.339 e. The molecule has 0 atom stereocenters. The molecule has 0 aliphatic heterocycles. The van der Waals surface area contributed by atoms with Crippen molar-refractivity contribution in [2.75, 3.05) is 0 Å². The van der Waals surface area contributed by atoms with Crippen LogP contribution < -0.4 is 0 Å². The molecule has 0 aliphatic rings. The van der Waals surface area contributed by atoms with Crippen molar-refractivity contribution in [1.29, 1.82) is 10.5 Å². The van der Waals surface area contributed by atoms with Gasteiger partial charge in [0.25, 0.3) is 0 Å². The Morgan fingerprint density at radius 1 is 0.800 bits per heavy atom. The Kier molecular flexibility index (Phi) is 6.74. The molecule has 0 aromatic carbocycles. The van der Waals surface area contributed by atoms with Gasteiger partial charge in [-0.2, -0.15) is 10.5 Å². The number of aromatic nitrogens is 2. The maximum absolute atomic E-state index is 9.83. The van der Waals surface area contributed by atoms with Crippen LogP contribution >= 0.6 is 34.0 Å². The van der Waals surface area contributed by atoms with E-state index in [9.17, 15) is 10.5 Å². The van der Waals surface area contributed by atoms with Gasteiger partial charge in [0.15, 0.2) is 0 Å². The predicted molar refractivity (Wildman–Crippen MR) is 151 cm³/mol. The van der Waals surface area contributed by atoms with Crippen LogP contribution in [-0.4, -0.2) is 9.13 Å². The number of thiophene rings is 3. The van der Waals surface area contributed by atoms with E-state index >= 15 is 0 Å². The Labute approximate surface area is 216 Å². The average Bonchev–Trinajstić information content (AvgIpc) is 3.67. The van der Waals surface area contributed by atoms with Gasteiger partial charge in [-0.1, -0.05) is 26.0 Å². The Morgan fingerprint density at radius 2 is 1.26 bits per heavy atom. The molecular weight excluding hydrogens is 489 g/mol. The average molecular weight is 513 g/mol. The summed E-state index contributed by atoms with van der Waals surface area (Å²) in [5.41, 5.74) is 5.98. The number of allylic oxidation sites excluding steroid dienone is 2. The molecule has 5 aromatic rings. The van der Waals surface area contributed by atoms with Crippen LogP contribution in [0, 0.1) is 22.7 Å². The molecule has 7 heteroatoms. The fourth-order valence-corrected chi connectivity index (χ4v) is 7.08. The van der Waals surface area contributed by atoms with E-state index in [0.29, 0.717) is 11.1 Å². The Balaban J connectivity index is 1.73. The summed E-state index contributed by atoms with van der Waals surface area (Å²) >= 11 is 4.97. The van der Waals surface area contributed by atoms with Crippen LogP contribution in [0.3, 0.4) is 0 Å². The molecule has 0 amide bonds. The lowest BCUT2D eigenvalue weighted by molar-refractivity contribution is 0.685. The van der Waals surface area contributed by atoms with Gasteiger partial charge in [-0.3, -0.25) is 0 Å². The molecule has 0 bridgehead atoms. The highest BCUT2D eigenvalue weighted by molar-refractivity contribution is 7.25. The van der Waals surface area contributed by atoms with Crippen molar-refractivity contribution in [3.05, 3.63) is 68.3 Å². The largest absolute Gasteiger partial charge is 0.339 e. The minimum absolute atomic E-state index is 0.695. The maximum Gasteiger partial charge on any atom is 0.101 e. The molecule has 0 unspecified atom stereocenters. The summed E-state index contributed by atoms with van der Waals surface area (Å²) in [5.74, 6) is 0. The summed E-state index contributed by atoms with van der Waals surface area (Å²) in [7, 11) is 0. The van der Waals surface area contributed by atoms with E-state index < -0.39 is 0 Å². The van der Waals surface area contributed by atoms with Crippen LogP contribution in [0.25, 0.3) is 43.7 Å². The van der Waals surface area contributed by atoms with Crippen molar-refractivity contribution in [3.8, 4) is 12.1 Å². The lowest BCUT2D eigenvalue weighted by atomic mass is 10.2. The molecule has 0 radical (unpaired) electrons. The van der Waals surface area contributed by atoms with Gasteiger partial charge in [0, 0.05) is 34.2 Å². The molecule has 5 rings (SSSR count). The molecule has 5 aromatic heterocycles. The van der Waals surface area contributed by atoms with Gasteiger partial charge in [-0.15, -0.1) is 34.0 Å². The topological polar surface area (TPSA) is 57.4 Å². The van der Waals surface area contributed by atoms with Gasteiger partial charge in [-0.05, 0) is 60.0 Å². The standard InChI is InChI=1S/C28H24N4S3/c1-3-9-31-21(13-19(17-29)23-7-5-11-33-23)15-25-27(31)28-26(35-25)16-22(32(28)10-4-2)14-20(18-30)24-8-6-12-34-24/h5-8,11-16H,3-4,9-10H2,1-2H3/b19-13+,20-14+. The molecule has 0 aliphatic carbocycles. The van der Waals surface area contributed by atoms with E-state index in [0.717, 1.165) is 47.1 Å². The third kappa shape index (κ3) is 4.28. The number of hydrogen-bond donors (Lipinski definition) is 0. The lowest BCUT2D eigenvalue weighted by Gasteiger charge is -2.10. The maximum atomic E-state index is 9.83. The zero-order valence-electron chi connectivity index (χ0n) is 19.6. The van der Waals surface area contributed by atoms with Crippen molar-refractivity contribution in [2.45, 2.75) is 39.8 Å². The van der Waals surface area contributed by atoms with E-state index in [2.05, 4.69) is 47.3 Å². The summed E-state index contributed by atoms with van der Waals surface area (Å²) < 4.78 is 7.20. The summed E-state index contributed by atoms with van der Waals surface area (Å²) in [6.07, 6.45) is 6.05. The quantitative estimate of drug-likeness (QED) is 0.195. The summed E-state index contributed by atoms with van der Waals surface area (Å²) in [5, 5.41) is 23.7. The van der Waals surface area contributed by atoms with Crippen molar-refractivity contribution in [1.82, 2.24) is 9.13 Å². The van der Waals surface area contributed by atoms with Crippen molar-refractivity contribution in [3.63, 3.8) is 0 Å². The van der Waals surface area contributed by atoms with Gasteiger partial charge < -0.3 is 9.13 Å². The third-order valence-corrected chi connectivity index (χ3v) is 8.79. The smallest absolute Gasteiger partial charge is 0.101 e. The molecule has 174 valence electrons. The zero-order chi connectivity index (χ0) is 24.4. The molecule has 0 saturated carbocycles. The molecular formula is C28H24N4S3. The monoisotopic (exact) mass is 512 g/mol. The molecule has 0 N–H and O–H groups in total. The minimum atomic E-state index is 0.695. The SMILES string of the molecule is CCCn1c(/C=C(\C#N)c2cccs2)cc2sc3cc(/C=C(\C#N)c4cccs4)n(CCC)c3c21. The van der Waals surface area contributed by atoms with Crippen LogP contribution in [0.2, 0.25) is 0 Å². The van der Waals surface area contributed by atoms with Gasteiger partial charge in [0.2, 0.25) is 0 Å². The van der Waals surface area contributed by atoms with Crippen LogP contribution in [0.4, 0.5) is 0 Å². The second kappa shape index (κ2) is 10.1. The number of aryl methyl sites for hydroxylation is 2. The van der Waals surface area contributed by atoms with Gasteiger partial charge >= 0.3 is 0 Å². The predicted octanol–water partition coefficient (Wildman–Crippen LogP) is 8.73. The van der Waals surface area contributed by atoms with Gasteiger partial charge in [-0.25, -0.2) is 0 Å². The first-order valence-electron chi connectivity index (χ1n) is 11.6. The van der Waals surface area contributed by atoms with Crippen LogP contribution in [0.1, 0.15) is 47.8 Å². The Morgan fingerprint density at radius 3 is 1.60 bits per heavy atom. The van der Waals surface area contributed by atoms with Crippen LogP contribution in [0.5, 0.6) is 0 Å². The number of fused-ring (bicyclic) bond motifs is 3. The first-order valence-corrected chi connectivity index (χ1v) is 14.2. The first kappa shape index (κ1) is 23.4.